The number of nitrogens with one attached hydrogen (secondary N) is 1. The van der Waals surface area contributed by atoms with Gasteiger partial charge in [0.15, 0.2) is 0 Å². The lowest BCUT2D eigenvalue weighted by Crippen LogP contribution is -2.24. The van der Waals surface area contributed by atoms with Gasteiger partial charge in [-0.25, -0.2) is 0 Å². The number of carbonyl (C=O) groups excluding carboxylic acids is 1. The summed E-state index contributed by atoms with van der Waals surface area (Å²) >= 11 is 0. The molecule has 0 fully saturated rings. The molecule has 0 unspecified atom stereocenters. The van der Waals surface area contributed by atoms with Gasteiger partial charge in [-0.1, -0.05) is 6.92 Å². The molecule has 0 saturated carbocycles. The van der Waals surface area contributed by atoms with Gasteiger partial charge in [-0.05, 0) is 51.0 Å². The van der Waals surface area contributed by atoms with Gasteiger partial charge in [-0.3, -0.25) is 4.79 Å². The fourth-order valence-corrected chi connectivity index (χ4v) is 1.53. The number of benzene rings is 1. The quantitative estimate of drug-likeness (QED) is 0.774. The molecule has 0 aliphatic heterocycles. The lowest BCUT2D eigenvalue weighted by Gasteiger charge is -2.23. The predicted octanol–water partition coefficient (Wildman–Crippen LogP) is 3.48. The molecule has 108 valence electrons. The van der Waals surface area contributed by atoms with E-state index in [4.69, 9.17) is 10.00 Å². The van der Waals surface area contributed by atoms with Crippen LogP contribution in [-0.4, -0.2) is 18.1 Å². The molecule has 0 atom stereocenters. The van der Waals surface area contributed by atoms with Crippen molar-refractivity contribution in [3.05, 3.63) is 29.8 Å². The van der Waals surface area contributed by atoms with E-state index in [1.165, 1.54) is 0 Å². The molecular weight excluding hydrogens is 252 g/mol. The van der Waals surface area contributed by atoms with E-state index < -0.39 is 0 Å². The van der Waals surface area contributed by atoms with Gasteiger partial charge in [0.1, 0.15) is 0 Å². The number of nitrogens with zero attached hydrogens (tertiary/aromatic N) is 1. The van der Waals surface area contributed by atoms with Gasteiger partial charge in [-0.2, -0.15) is 5.26 Å². The van der Waals surface area contributed by atoms with Gasteiger partial charge in [0.05, 0.1) is 17.2 Å². The predicted molar refractivity (Wildman–Crippen MR) is 79.3 cm³/mol. The Hall–Kier alpha value is -1.86. The van der Waals surface area contributed by atoms with Gasteiger partial charge in [0, 0.05) is 18.7 Å². The average molecular weight is 274 g/mol. The summed E-state index contributed by atoms with van der Waals surface area (Å²) in [6.07, 6.45) is 2.08. The fraction of sp³-hybridized carbons (Fsp3) is 0.500. The minimum atomic E-state index is -0.121. The monoisotopic (exact) mass is 274 g/mol. The first-order chi connectivity index (χ1) is 9.46. The number of anilines is 1. The van der Waals surface area contributed by atoms with Gasteiger partial charge < -0.3 is 10.1 Å². The molecule has 1 rings (SSSR count). The standard InChI is InChI=1S/C16H22N2O2/c1-4-16(2,3)20-11-5-6-15(19)18-14-9-7-13(12-17)8-10-14/h7-10H,4-6,11H2,1-3H3,(H,18,19). The van der Waals surface area contributed by atoms with Crippen molar-refractivity contribution in [1.29, 1.82) is 5.26 Å². The van der Waals surface area contributed by atoms with E-state index in [0.717, 1.165) is 6.42 Å². The second kappa shape index (κ2) is 7.66. The first-order valence-corrected chi connectivity index (χ1v) is 6.91. The van der Waals surface area contributed by atoms with E-state index in [1.54, 1.807) is 24.3 Å². The third kappa shape index (κ3) is 5.85. The number of nitriles is 1. The Labute approximate surface area is 120 Å². The first kappa shape index (κ1) is 16.2. The zero-order valence-corrected chi connectivity index (χ0v) is 12.4. The molecule has 20 heavy (non-hydrogen) atoms. The normalized spacial score (nSPS) is 10.9. The summed E-state index contributed by atoms with van der Waals surface area (Å²) in [5.41, 5.74) is 1.17. The van der Waals surface area contributed by atoms with E-state index in [0.29, 0.717) is 30.7 Å². The third-order valence-corrected chi connectivity index (χ3v) is 3.19. The van der Waals surface area contributed by atoms with E-state index in [9.17, 15) is 4.79 Å². The van der Waals surface area contributed by atoms with Gasteiger partial charge >= 0.3 is 0 Å². The van der Waals surface area contributed by atoms with Crippen molar-refractivity contribution in [3.63, 3.8) is 0 Å². The average Bonchev–Trinajstić information content (AvgIpc) is 2.44. The Morgan fingerprint density at radius 2 is 2.00 bits per heavy atom. The molecule has 1 N–H and O–H groups in total. The molecule has 0 spiro atoms. The largest absolute Gasteiger partial charge is 0.376 e. The molecule has 1 aromatic carbocycles. The number of hydrogen-bond acceptors (Lipinski definition) is 3. The van der Waals surface area contributed by atoms with Crippen LogP contribution in [0.2, 0.25) is 0 Å². The highest BCUT2D eigenvalue weighted by Gasteiger charge is 2.14. The Balaban J connectivity index is 2.28. The number of amides is 1. The van der Waals surface area contributed by atoms with E-state index in [2.05, 4.69) is 12.2 Å². The van der Waals surface area contributed by atoms with E-state index in [1.807, 2.05) is 19.9 Å². The summed E-state index contributed by atoms with van der Waals surface area (Å²) < 4.78 is 5.69. The van der Waals surface area contributed by atoms with Gasteiger partial charge in [0.2, 0.25) is 5.91 Å². The molecule has 0 aliphatic rings. The molecule has 0 saturated heterocycles. The topological polar surface area (TPSA) is 62.1 Å². The zero-order chi connectivity index (χ0) is 15.0. The van der Waals surface area contributed by atoms with Crippen molar-refractivity contribution in [3.8, 4) is 6.07 Å². The van der Waals surface area contributed by atoms with Crippen molar-refractivity contribution >= 4 is 11.6 Å². The summed E-state index contributed by atoms with van der Waals surface area (Å²) in [7, 11) is 0. The van der Waals surface area contributed by atoms with E-state index in [-0.39, 0.29) is 11.5 Å². The summed E-state index contributed by atoms with van der Waals surface area (Å²) in [6, 6.07) is 8.86. The number of carbonyl (C=O) groups is 1. The summed E-state index contributed by atoms with van der Waals surface area (Å²) in [5.74, 6) is -0.0346. The van der Waals surface area contributed by atoms with Crippen molar-refractivity contribution < 1.29 is 9.53 Å². The second-order valence-electron chi connectivity index (χ2n) is 5.30. The second-order valence-corrected chi connectivity index (χ2v) is 5.30. The van der Waals surface area contributed by atoms with E-state index >= 15 is 0 Å². The molecule has 0 bridgehead atoms. The van der Waals surface area contributed by atoms with Gasteiger partial charge in [0.25, 0.3) is 0 Å². The molecule has 0 aliphatic carbocycles. The van der Waals surface area contributed by atoms with Crippen LogP contribution in [0.15, 0.2) is 24.3 Å². The Kier molecular flexibility index (Phi) is 6.20. The fourth-order valence-electron chi connectivity index (χ4n) is 1.53. The van der Waals surface area contributed by atoms with Crippen molar-refractivity contribution in [1.82, 2.24) is 0 Å². The molecule has 1 amide bonds. The van der Waals surface area contributed by atoms with Crippen LogP contribution in [-0.2, 0) is 9.53 Å². The Morgan fingerprint density at radius 3 is 2.55 bits per heavy atom. The lowest BCUT2D eigenvalue weighted by atomic mass is 10.1. The minimum absolute atomic E-state index is 0.0346. The molecule has 0 heterocycles. The van der Waals surface area contributed by atoms with Crippen LogP contribution in [0.4, 0.5) is 5.69 Å². The summed E-state index contributed by atoms with van der Waals surface area (Å²) in [4.78, 5) is 11.7. The maximum absolute atomic E-state index is 11.7. The summed E-state index contributed by atoms with van der Waals surface area (Å²) in [6.45, 7) is 6.76. The number of ether oxygens (including phenoxy) is 1. The van der Waals surface area contributed by atoms with Crippen LogP contribution in [0.1, 0.15) is 45.6 Å². The summed E-state index contributed by atoms with van der Waals surface area (Å²) in [5, 5.41) is 11.5. The Morgan fingerprint density at radius 1 is 1.35 bits per heavy atom. The highest BCUT2D eigenvalue weighted by Crippen LogP contribution is 2.14. The number of rotatable bonds is 7. The highest BCUT2D eigenvalue weighted by molar-refractivity contribution is 5.90. The third-order valence-electron chi connectivity index (χ3n) is 3.19. The highest BCUT2D eigenvalue weighted by atomic mass is 16.5. The molecule has 4 nitrogen and oxygen atoms in total. The van der Waals surface area contributed by atoms with Gasteiger partial charge in [-0.15, -0.1) is 0 Å². The first-order valence-electron chi connectivity index (χ1n) is 6.91. The maximum atomic E-state index is 11.7. The smallest absolute Gasteiger partial charge is 0.224 e. The molecule has 0 radical (unpaired) electrons. The minimum Gasteiger partial charge on any atom is -0.376 e. The zero-order valence-electron chi connectivity index (χ0n) is 12.4. The molecule has 1 aromatic rings. The number of hydrogen-bond donors (Lipinski definition) is 1. The maximum Gasteiger partial charge on any atom is 0.224 e. The van der Waals surface area contributed by atoms with Crippen LogP contribution in [0, 0.1) is 11.3 Å². The van der Waals surface area contributed by atoms with Crippen LogP contribution in [0.25, 0.3) is 0 Å². The molecule has 4 heteroatoms. The van der Waals surface area contributed by atoms with Crippen LogP contribution < -0.4 is 5.32 Å². The lowest BCUT2D eigenvalue weighted by molar-refractivity contribution is -0.117. The van der Waals surface area contributed by atoms with Crippen LogP contribution >= 0.6 is 0 Å². The van der Waals surface area contributed by atoms with Crippen molar-refractivity contribution in [2.24, 2.45) is 0 Å². The SMILES string of the molecule is CCC(C)(C)OCCCC(=O)Nc1ccc(C#N)cc1. The van der Waals surface area contributed by atoms with Crippen LogP contribution in [0.5, 0.6) is 0 Å². The van der Waals surface area contributed by atoms with Crippen molar-refractivity contribution in [2.45, 2.75) is 45.6 Å². The molecule has 0 aromatic heterocycles. The van der Waals surface area contributed by atoms with Crippen LogP contribution in [0.3, 0.4) is 0 Å². The van der Waals surface area contributed by atoms with Crippen molar-refractivity contribution in [2.75, 3.05) is 11.9 Å². The Bertz CT molecular complexity index is 472. The molecular formula is C16H22N2O2.